The first-order chi connectivity index (χ1) is 12.5. The van der Waals surface area contributed by atoms with Crippen LogP contribution in [0.4, 0.5) is 4.79 Å². The average molecular weight is 388 g/mol. The summed E-state index contributed by atoms with van der Waals surface area (Å²) in [4.78, 5) is 31.6. The fourth-order valence-electron chi connectivity index (χ4n) is 2.53. The lowest BCUT2D eigenvalue weighted by molar-refractivity contribution is -0.115. The van der Waals surface area contributed by atoms with E-state index in [2.05, 4.69) is 15.3 Å². The lowest BCUT2D eigenvalue weighted by atomic mass is 10.1. The van der Waals surface area contributed by atoms with Crippen molar-refractivity contribution in [2.24, 2.45) is 0 Å². The minimum atomic E-state index is -0.439. The summed E-state index contributed by atoms with van der Waals surface area (Å²) in [6.45, 7) is 0. The average Bonchev–Trinajstić information content (AvgIpc) is 3.17. The molecule has 0 spiro atoms. The molecule has 1 aliphatic heterocycles. The monoisotopic (exact) mass is 387 g/mol. The maximum atomic E-state index is 11.7. The van der Waals surface area contributed by atoms with Gasteiger partial charge in [-0.15, -0.1) is 0 Å². The van der Waals surface area contributed by atoms with Gasteiger partial charge in [-0.25, -0.2) is 4.98 Å². The van der Waals surface area contributed by atoms with Gasteiger partial charge in [0.2, 0.25) is 0 Å². The van der Waals surface area contributed by atoms with E-state index in [4.69, 9.17) is 20.8 Å². The number of methoxy groups -OCH3 is 1. The number of rotatable bonds is 3. The number of nitrogens with zero attached hydrogens (tertiary/aromatic N) is 2. The molecule has 2 amide bonds. The van der Waals surface area contributed by atoms with Crippen LogP contribution in [-0.4, -0.2) is 28.2 Å². The lowest BCUT2D eigenvalue weighted by Crippen LogP contribution is -2.17. The normalized spacial score (nSPS) is 15.7. The summed E-state index contributed by atoms with van der Waals surface area (Å²) < 4.78 is 11.1. The van der Waals surface area contributed by atoms with Crippen LogP contribution in [0.25, 0.3) is 28.2 Å². The van der Waals surface area contributed by atoms with Crippen molar-refractivity contribution in [1.29, 1.82) is 0 Å². The molecule has 0 aromatic carbocycles. The molecule has 130 valence electrons. The number of imide groups is 1. The Labute approximate surface area is 156 Å². The first-order valence-electron chi connectivity index (χ1n) is 7.37. The van der Waals surface area contributed by atoms with Gasteiger partial charge in [0, 0.05) is 41.2 Å². The van der Waals surface area contributed by atoms with E-state index in [0.717, 1.165) is 22.7 Å². The van der Waals surface area contributed by atoms with Crippen molar-refractivity contribution in [3.63, 3.8) is 0 Å². The SMILES string of the molecule is COc1cc(-c2cncc3cc(/C=C4\SC(=O)NC4=O)oc23)cnc1Cl. The zero-order chi connectivity index (χ0) is 18.3. The van der Waals surface area contributed by atoms with Gasteiger partial charge in [-0.3, -0.25) is 19.9 Å². The van der Waals surface area contributed by atoms with E-state index in [0.29, 0.717) is 22.7 Å². The van der Waals surface area contributed by atoms with Gasteiger partial charge in [0.05, 0.1) is 12.0 Å². The van der Waals surface area contributed by atoms with Gasteiger partial charge in [0.1, 0.15) is 11.3 Å². The van der Waals surface area contributed by atoms with Crippen LogP contribution in [-0.2, 0) is 4.79 Å². The Bertz CT molecular complexity index is 1090. The van der Waals surface area contributed by atoms with Crippen LogP contribution >= 0.6 is 23.4 Å². The lowest BCUT2D eigenvalue weighted by Gasteiger charge is -2.06. The number of nitrogens with one attached hydrogen (secondary N) is 1. The van der Waals surface area contributed by atoms with E-state index >= 15 is 0 Å². The molecule has 1 saturated heterocycles. The van der Waals surface area contributed by atoms with Crippen LogP contribution in [0.2, 0.25) is 5.15 Å². The highest BCUT2D eigenvalue weighted by Gasteiger charge is 2.25. The van der Waals surface area contributed by atoms with E-state index in [9.17, 15) is 9.59 Å². The number of furan rings is 1. The zero-order valence-corrected chi connectivity index (χ0v) is 14.9. The van der Waals surface area contributed by atoms with Crippen LogP contribution in [0, 0.1) is 0 Å². The summed E-state index contributed by atoms with van der Waals surface area (Å²) >= 11 is 6.81. The highest BCUT2D eigenvalue weighted by molar-refractivity contribution is 8.18. The van der Waals surface area contributed by atoms with Crippen LogP contribution in [0.15, 0.2) is 40.0 Å². The van der Waals surface area contributed by atoms with Crippen molar-refractivity contribution in [2.75, 3.05) is 7.11 Å². The molecule has 9 heteroatoms. The fourth-order valence-corrected chi connectivity index (χ4v) is 3.37. The second kappa shape index (κ2) is 6.47. The minimum Gasteiger partial charge on any atom is -0.494 e. The predicted molar refractivity (Wildman–Crippen MR) is 97.9 cm³/mol. The standard InChI is InChI=1S/C17H10ClN3O4S/c1-24-12-3-8(6-20-15(12)18)11-7-19-5-9-2-10(25-14(9)11)4-13-16(22)21-17(23)26-13/h2-7H,1H3,(H,21,22,23)/b13-4-. The van der Waals surface area contributed by atoms with Crippen molar-refractivity contribution in [2.45, 2.75) is 0 Å². The number of thioether (sulfide) groups is 1. The van der Waals surface area contributed by atoms with Crippen LogP contribution < -0.4 is 10.1 Å². The Balaban J connectivity index is 1.81. The molecule has 4 rings (SSSR count). The van der Waals surface area contributed by atoms with Gasteiger partial charge in [0.25, 0.3) is 11.1 Å². The number of aromatic nitrogens is 2. The van der Waals surface area contributed by atoms with Crippen molar-refractivity contribution in [3.05, 3.63) is 46.5 Å². The van der Waals surface area contributed by atoms with E-state index in [1.165, 1.54) is 13.2 Å². The predicted octanol–water partition coefficient (Wildman–Crippen LogP) is 3.88. The summed E-state index contributed by atoms with van der Waals surface area (Å²) in [6.07, 6.45) is 6.42. The quantitative estimate of drug-likeness (QED) is 0.538. The Hall–Kier alpha value is -2.84. The minimum absolute atomic E-state index is 0.259. The molecule has 1 aliphatic rings. The molecule has 3 aromatic heterocycles. The molecule has 1 N–H and O–H groups in total. The van der Waals surface area contributed by atoms with Gasteiger partial charge in [-0.1, -0.05) is 11.6 Å². The van der Waals surface area contributed by atoms with Crippen LogP contribution in [0.1, 0.15) is 5.76 Å². The first kappa shape index (κ1) is 16.6. The Morgan fingerprint density at radius 1 is 1.27 bits per heavy atom. The number of ether oxygens (including phenoxy) is 1. The molecular formula is C17H10ClN3O4S. The van der Waals surface area contributed by atoms with Crippen molar-refractivity contribution >= 4 is 51.6 Å². The van der Waals surface area contributed by atoms with E-state index in [1.807, 2.05) is 0 Å². The Morgan fingerprint density at radius 2 is 2.12 bits per heavy atom. The molecule has 0 radical (unpaired) electrons. The summed E-state index contributed by atoms with van der Waals surface area (Å²) in [5, 5.41) is 2.81. The Kier molecular flexibility index (Phi) is 4.14. The topological polar surface area (TPSA) is 94.3 Å². The number of halogens is 1. The number of amides is 2. The largest absolute Gasteiger partial charge is 0.494 e. The van der Waals surface area contributed by atoms with E-state index in [1.54, 1.807) is 30.7 Å². The van der Waals surface area contributed by atoms with Crippen molar-refractivity contribution < 1.29 is 18.7 Å². The smallest absolute Gasteiger partial charge is 0.290 e. The summed E-state index contributed by atoms with van der Waals surface area (Å²) in [5.74, 6) is 0.438. The molecule has 0 unspecified atom stereocenters. The number of fused-ring (bicyclic) bond motifs is 1. The molecule has 0 aliphatic carbocycles. The third-order valence-electron chi connectivity index (χ3n) is 3.69. The number of carbonyl (C=O) groups is 2. The van der Waals surface area contributed by atoms with Crippen LogP contribution in [0.3, 0.4) is 0 Å². The zero-order valence-electron chi connectivity index (χ0n) is 13.3. The maximum Gasteiger partial charge on any atom is 0.290 e. The fraction of sp³-hybridized carbons (Fsp3) is 0.0588. The summed E-state index contributed by atoms with van der Waals surface area (Å²) in [6, 6.07) is 3.49. The number of hydrogen-bond acceptors (Lipinski definition) is 7. The molecule has 7 nitrogen and oxygen atoms in total. The number of carbonyl (C=O) groups excluding carboxylic acids is 2. The molecule has 1 fully saturated rings. The van der Waals surface area contributed by atoms with E-state index in [-0.39, 0.29) is 10.1 Å². The van der Waals surface area contributed by atoms with Crippen molar-refractivity contribution in [1.82, 2.24) is 15.3 Å². The van der Waals surface area contributed by atoms with Gasteiger partial charge in [-0.2, -0.15) is 0 Å². The van der Waals surface area contributed by atoms with Gasteiger partial charge in [-0.05, 0) is 23.9 Å². The third-order valence-corrected chi connectivity index (χ3v) is 4.79. The maximum absolute atomic E-state index is 11.7. The van der Waals surface area contributed by atoms with Gasteiger partial charge < -0.3 is 9.15 Å². The third kappa shape index (κ3) is 2.93. The van der Waals surface area contributed by atoms with Crippen LogP contribution in [0.5, 0.6) is 5.75 Å². The second-order valence-corrected chi connectivity index (χ2v) is 6.70. The molecule has 0 saturated carbocycles. The highest BCUT2D eigenvalue weighted by atomic mass is 35.5. The molecule has 0 bridgehead atoms. The van der Waals surface area contributed by atoms with Crippen molar-refractivity contribution in [3.8, 4) is 16.9 Å². The van der Waals surface area contributed by atoms with Gasteiger partial charge >= 0.3 is 0 Å². The molecule has 4 heterocycles. The van der Waals surface area contributed by atoms with Gasteiger partial charge in [0.15, 0.2) is 10.9 Å². The first-order valence-corrected chi connectivity index (χ1v) is 8.57. The Morgan fingerprint density at radius 3 is 2.85 bits per heavy atom. The number of hydrogen-bond donors (Lipinski definition) is 1. The molecular weight excluding hydrogens is 378 g/mol. The molecule has 3 aromatic rings. The second-order valence-electron chi connectivity index (χ2n) is 5.32. The summed E-state index contributed by atoms with van der Waals surface area (Å²) in [7, 11) is 1.51. The number of pyridine rings is 2. The molecule has 0 atom stereocenters. The van der Waals surface area contributed by atoms with E-state index < -0.39 is 11.1 Å². The highest BCUT2D eigenvalue weighted by Crippen LogP contribution is 2.34. The molecule has 26 heavy (non-hydrogen) atoms. The summed E-state index contributed by atoms with van der Waals surface area (Å²) in [5.41, 5.74) is 2.00.